The number of rotatable bonds is 1. The summed E-state index contributed by atoms with van der Waals surface area (Å²) >= 11 is 0. The highest BCUT2D eigenvalue weighted by Gasteiger charge is 2.25. The Morgan fingerprint density at radius 3 is 2.27 bits per heavy atom. The molecule has 0 spiro atoms. The van der Waals surface area contributed by atoms with E-state index in [0.717, 1.165) is 19.3 Å². The third-order valence-electron chi connectivity index (χ3n) is 2.04. The number of nitrogens with one attached hydrogen (secondary N) is 1. The molecule has 1 aliphatic carbocycles. The summed E-state index contributed by atoms with van der Waals surface area (Å²) in [6, 6.07) is 0.532. The fourth-order valence-electron chi connectivity index (χ4n) is 1.70. The number of aliphatic hydroxyl groups excluding tert-OH is 1. The third kappa shape index (κ3) is 3.21. The topological polar surface area (TPSA) is 32.3 Å². The maximum atomic E-state index is 9.26. The molecule has 1 aliphatic rings. The van der Waals surface area contributed by atoms with Crippen LogP contribution in [0.25, 0.3) is 0 Å². The molecular formula is C9H19NO. The van der Waals surface area contributed by atoms with Crippen molar-refractivity contribution >= 4 is 0 Å². The Bertz CT molecular complexity index is 128. The van der Waals surface area contributed by atoms with Gasteiger partial charge in [-0.1, -0.05) is 0 Å². The summed E-state index contributed by atoms with van der Waals surface area (Å²) in [4.78, 5) is 0. The summed E-state index contributed by atoms with van der Waals surface area (Å²) in [6.45, 7) is 6.49. The summed E-state index contributed by atoms with van der Waals surface area (Å²) in [7, 11) is 0. The molecule has 1 fully saturated rings. The second-order valence-corrected chi connectivity index (χ2v) is 4.56. The van der Waals surface area contributed by atoms with Crippen LogP contribution in [0.2, 0.25) is 0 Å². The van der Waals surface area contributed by atoms with E-state index in [0.29, 0.717) is 6.04 Å². The van der Waals surface area contributed by atoms with Gasteiger partial charge in [-0.15, -0.1) is 0 Å². The predicted octanol–water partition coefficient (Wildman–Crippen LogP) is 1.29. The van der Waals surface area contributed by atoms with Gasteiger partial charge in [-0.2, -0.15) is 0 Å². The van der Waals surface area contributed by atoms with Crippen molar-refractivity contribution in [1.29, 1.82) is 0 Å². The van der Waals surface area contributed by atoms with Crippen LogP contribution < -0.4 is 5.32 Å². The highest BCUT2D eigenvalue weighted by Crippen LogP contribution is 2.20. The van der Waals surface area contributed by atoms with Crippen molar-refractivity contribution in [2.24, 2.45) is 0 Å². The van der Waals surface area contributed by atoms with Gasteiger partial charge in [-0.25, -0.2) is 0 Å². The zero-order valence-corrected chi connectivity index (χ0v) is 7.72. The van der Waals surface area contributed by atoms with Crippen LogP contribution in [0.5, 0.6) is 0 Å². The maximum absolute atomic E-state index is 9.26. The normalized spacial score (nSPS) is 32.7. The molecule has 1 rings (SSSR count). The van der Waals surface area contributed by atoms with Crippen molar-refractivity contribution in [2.75, 3.05) is 0 Å². The maximum Gasteiger partial charge on any atom is 0.0555 e. The Hall–Kier alpha value is -0.0800. The molecule has 1 saturated carbocycles. The molecule has 0 aliphatic heterocycles. The lowest BCUT2D eigenvalue weighted by molar-refractivity contribution is 0.177. The standard InChI is InChI=1S/C9H19NO/c1-9(2,3)10-7-4-5-8(11)6-7/h7-8,10-11H,4-6H2,1-3H3/t7-,8+/m0/s1. The summed E-state index contributed by atoms with van der Waals surface area (Å²) in [5.41, 5.74) is 0.189. The monoisotopic (exact) mass is 157 g/mol. The van der Waals surface area contributed by atoms with Crippen LogP contribution in [0.4, 0.5) is 0 Å². The van der Waals surface area contributed by atoms with Crippen molar-refractivity contribution in [3.63, 3.8) is 0 Å². The Kier molecular flexibility index (Phi) is 2.55. The van der Waals surface area contributed by atoms with Crippen molar-refractivity contribution < 1.29 is 5.11 Å². The third-order valence-corrected chi connectivity index (χ3v) is 2.04. The van der Waals surface area contributed by atoms with Gasteiger partial charge in [0, 0.05) is 11.6 Å². The smallest absolute Gasteiger partial charge is 0.0555 e. The zero-order chi connectivity index (χ0) is 8.48. The number of hydrogen-bond donors (Lipinski definition) is 2. The SMILES string of the molecule is CC(C)(C)N[C@H]1CC[C@@H](O)C1. The summed E-state index contributed by atoms with van der Waals surface area (Å²) < 4.78 is 0. The van der Waals surface area contributed by atoms with E-state index in [1.807, 2.05) is 0 Å². The molecule has 0 unspecified atom stereocenters. The lowest BCUT2D eigenvalue weighted by Gasteiger charge is -2.25. The summed E-state index contributed by atoms with van der Waals surface area (Å²) in [5, 5.41) is 12.7. The Balaban J connectivity index is 2.29. The highest BCUT2D eigenvalue weighted by molar-refractivity contribution is 4.85. The van der Waals surface area contributed by atoms with Crippen molar-refractivity contribution in [1.82, 2.24) is 5.32 Å². The Labute approximate surface area is 69.0 Å². The van der Waals surface area contributed by atoms with Crippen LogP contribution >= 0.6 is 0 Å². The van der Waals surface area contributed by atoms with Crippen molar-refractivity contribution in [2.45, 2.75) is 57.7 Å². The van der Waals surface area contributed by atoms with Gasteiger partial charge in [0.1, 0.15) is 0 Å². The molecule has 2 nitrogen and oxygen atoms in total. The van der Waals surface area contributed by atoms with E-state index in [4.69, 9.17) is 0 Å². The van der Waals surface area contributed by atoms with Crippen LogP contribution in [0.3, 0.4) is 0 Å². The quantitative estimate of drug-likeness (QED) is 0.601. The van der Waals surface area contributed by atoms with Gasteiger partial charge in [0.25, 0.3) is 0 Å². The van der Waals surface area contributed by atoms with Gasteiger partial charge in [-0.05, 0) is 40.0 Å². The van der Waals surface area contributed by atoms with Gasteiger partial charge in [0.15, 0.2) is 0 Å². The zero-order valence-electron chi connectivity index (χ0n) is 7.72. The van der Waals surface area contributed by atoms with Crippen LogP contribution in [0.1, 0.15) is 40.0 Å². The van der Waals surface area contributed by atoms with E-state index in [2.05, 4.69) is 26.1 Å². The van der Waals surface area contributed by atoms with Crippen LogP contribution in [-0.2, 0) is 0 Å². The first-order valence-corrected chi connectivity index (χ1v) is 4.43. The molecule has 66 valence electrons. The Morgan fingerprint density at radius 1 is 1.27 bits per heavy atom. The predicted molar refractivity (Wildman–Crippen MR) is 46.5 cm³/mol. The molecule has 0 bridgehead atoms. The molecule has 0 aromatic rings. The minimum absolute atomic E-state index is 0.0603. The molecule has 2 N–H and O–H groups in total. The fraction of sp³-hybridized carbons (Fsp3) is 1.00. The highest BCUT2D eigenvalue weighted by atomic mass is 16.3. The summed E-state index contributed by atoms with van der Waals surface area (Å²) in [5.74, 6) is 0. The van der Waals surface area contributed by atoms with E-state index in [-0.39, 0.29) is 11.6 Å². The lowest BCUT2D eigenvalue weighted by Crippen LogP contribution is -2.42. The molecule has 2 atom stereocenters. The number of hydrogen-bond acceptors (Lipinski definition) is 2. The first kappa shape index (κ1) is 9.01. The van der Waals surface area contributed by atoms with Crippen molar-refractivity contribution in [3.05, 3.63) is 0 Å². The lowest BCUT2D eigenvalue weighted by atomic mass is 10.1. The van der Waals surface area contributed by atoms with Gasteiger partial charge in [0.05, 0.1) is 6.10 Å². The van der Waals surface area contributed by atoms with Crippen LogP contribution in [0.15, 0.2) is 0 Å². The van der Waals surface area contributed by atoms with E-state index in [1.165, 1.54) is 0 Å². The molecule has 0 saturated heterocycles. The molecule has 0 aromatic carbocycles. The average Bonchev–Trinajstić information content (AvgIpc) is 2.10. The van der Waals surface area contributed by atoms with E-state index in [9.17, 15) is 5.11 Å². The van der Waals surface area contributed by atoms with Crippen molar-refractivity contribution in [3.8, 4) is 0 Å². The van der Waals surface area contributed by atoms with Gasteiger partial charge >= 0.3 is 0 Å². The van der Waals surface area contributed by atoms with Crippen LogP contribution in [0, 0.1) is 0 Å². The molecule has 2 heteroatoms. The van der Waals surface area contributed by atoms with Gasteiger partial charge < -0.3 is 10.4 Å². The fourth-order valence-corrected chi connectivity index (χ4v) is 1.70. The second-order valence-electron chi connectivity index (χ2n) is 4.56. The molecule has 0 aromatic heterocycles. The van der Waals surface area contributed by atoms with Gasteiger partial charge in [-0.3, -0.25) is 0 Å². The number of aliphatic hydroxyl groups is 1. The molecule has 0 amide bonds. The minimum Gasteiger partial charge on any atom is -0.393 e. The minimum atomic E-state index is -0.0603. The van der Waals surface area contributed by atoms with E-state index < -0.39 is 0 Å². The summed E-state index contributed by atoms with van der Waals surface area (Å²) in [6.07, 6.45) is 2.96. The largest absolute Gasteiger partial charge is 0.393 e. The van der Waals surface area contributed by atoms with E-state index in [1.54, 1.807) is 0 Å². The molecular weight excluding hydrogens is 138 g/mol. The molecule has 0 radical (unpaired) electrons. The molecule has 11 heavy (non-hydrogen) atoms. The molecule has 0 heterocycles. The average molecular weight is 157 g/mol. The first-order chi connectivity index (χ1) is 4.97. The first-order valence-electron chi connectivity index (χ1n) is 4.43. The second kappa shape index (κ2) is 3.11. The Morgan fingerprint density at radius 2 is 1.91 bits per heavy atom. The van der Waals surface area contributed by atoms with E-state index >= 15 is 0 Å². The van der Waals surface area contributed by atoms with Gasteiger partial charge in [0.2, 0.25) is 0 Å². The van der Waals surface area contributed by atoms with Crippen LogP contribution in [-0.4, -0.2) is 22.8 Å².